The van der Waals surface area contributed by atoms with Crippen molar-refractivity contribution in [3.05, 3.63) is 75.8 Å². The first kappa shape index (κ1) is 16.4. The summed E-state index contributed by atoms with van der Waals surface area (Å²) in [6, 6.07) is 13.8. The third kappa shape index (κ3) is 3.81. The van der Waals surface area contributed by atoms with E-state index in [9.17, 15) is 18.5 Å². The lowest BCUT2D eigenvalue weighted by molar-refractivity contribution is -0.384. The number of non-ortho nitro benzene ring substituents is 1. The van der Waals surface area contributed by atoms with E-state index in [2.05, 4.69) is 0 Å². The monoisotopic (exact) mass is 328 g/mol. The quantitative estimate of drug-likeness (QED) is 0.488. The number of allylic oxidation sites excluding steroid dienone is 1. The normalized spacial score (nSPS) is 11.7. The number of nitro benzene ring substituents is 1. The maximum Gasteiger partial charge on any atom is 0.269 e. The Bertz CT molecular complexity index is 906. The molecule has 0 saturated heterocycles. The molecular weight excluding hydrogens is 316 g/mol. The van der Waals surface area contributed by atoms with Crippen LogP contribution < -0.4 is 0 Å². The van der Waals surface area contributed by atoms with Gasteiger partial charge in [-0.25, -0.2) is 8.42 Å². The Morgan fingerprint density at radius 3 is 1.96 bits per heavy atom. The third-order valence-corrected chi connectivity index (χ3v) is 4.32. The van der Waals surface area contributed by atoms with E-state index in [1.165, 1.54) is 30.3 Å². The van der Waals surface area contributed by atoms with E-state index in [0.29, 0.717) is 16.7 Å². The van der Waals surface area contributed by atoms with Gasteiger partial charge in [0.1, 0.15) is 0 Å². The smallest absolute Gasteiger partial charge is 0.258 e. The average molecular weight is 328 g/mol. The number of rotatable bonds is 4. The van der Waals surface area contributed by atoms with Gasteiger partial charge in [0.25, 0.3) is 5.69 Å². The molecule has 7 heteroatoms. The highest BCUT2D eigenvalue weighted by atomic mass is 32.2. The van der Waals surface area contributed by atoms with Crippen molar-refractivity contribution < 1.29 is 13.3 Å². The molecule has 0 aliphatic heterocycles. The lowest BCUT2D eigenvalue weighted by Crippen LogP contribution is -1.97. The summed E-state index contributed by atoms with van der Waals surface area (Å²) < 4.78 is 23.0. The maximum absolute atomic E-state index is 11.5. The fraction of sp³-hybridized carbons (Fsp3) is 0.0625. The van der Waals surface area contributed by atoms with Gasteiger partial charge < -0.3 is 0 Å². The molecule has 0 atom stereocenters. The number of nitriles is 1. The SMILES string of the molecule is CS(=O)(=O)c1ccc(/C(=C\C#N)c2ccc([N+](=O)[O-])cc2)cc1. The zero-order valence-electron chi connectivity index (χ0n) is 12.1. The van der Waals surface area contributed by atoms with Crippen LogP contribution in [0.4, 0.5) is 5.69 Å². The van der Waals surface area contributed by atoms with Gasteiger partial charge in [-0.2, -0.15) is 5.26 Å². The molecule has 0 aliphatic rings. The molecule has 0 fully saturated rings. The largest absolute Gasteiger partial charge is 0.269 e. The van der Waals surface area contributed by atoms with E-state index in [1.54, 1.807) is 24.3 Å². The van der Waals surface area contributed by atoms with Crippen molar-refractivity contribution >= 4 is 21.1 Å². The molecule has 2 aromatic carbocycles. The molecule has 6 nitrogen and oxygen atoms in total. The lowest BCUT2D eigenvalue weighted by Gasteiger charge is -2.08. The second-order valence-corrected chi connectivity index (χ2v) is 6.80. The van der Waals surface area contributed by atoms with Crippen molar-refractivity contribution in [3.63, 3.8) is 0 Å². The minimum Gasteiger partial charge on any atom is -0.258 e. The topological polar surface area (TPSA) is 101 Å². The number of nitrogens with zero attached hydrogens (tertiary/aromatic N) is 2. The Balaban J connectivity index is 2.45. The molecule has 0 aliphatic carbocycles. The zero-order valence-corrected chi connectivity index (χ0v) is 12.9. The summed E-state index contributed by atoms with van der Waals surface area (Å²) in [5.41, 5.74) is 1.79. The van der Waals surface area contributed by atoms with Gasteiger partial charge in [-0.3, -0.25) is 10.1 Å². The summed E-state index contributed by atoms with van der Waals surface area (Å²) in [7, 11) is -3.30. The summed E-state index contributed by atoms with van der Waals surface area (Å²) in [4.78, 5) is 10.4. The van der Waals surface area contributed by atoms with Crippen LogP contribution in [0.2, 0.25) is 0 Å². The Morgan fingerprint density at radius 1 is 1.09 bits per heavy atom. The van der Waals surface area contributed by atoms with E-state index in [1.807, 2.05) is 6.07 Å². The first-order valence-corrected chi connectivity index (χ1v) is 8.37. The predicted octanol–water partition coefficient (Wildman–Crippen LogP) is 2.95. The molecule has 0 heterocycles. The van der Waals surface area contributed by atoms with Crippen molar-refractivity contribution in [2.45, 2.75) is 4.90 Å². The van der Waals surface area contributed by atoms with Crippen molar-refractivity contribution in [3.8, 4) is 6.07 Å². The van der Waals surface area contributed by atoms with Gasteiger partial charge in [0.05, 0.1) is 15.9 Å². The highest BCUT2D eigenvalue weighted by molar-refractivity contribution is 7.90. The van der Waals surface area contributed by atoms with E-state index in [0.717, 1.165) is 6.26 Å². The molecular formula is C16H12N2O4S. The molecule has 0 amide bonds. The molecule has 2 aromatic rings. The molecule has 116 valence electrons. The molecule has 0 N–H and O–H groups in total. The Kier molecular flexibility index (Phi) is 4.57. The zero-order chi connectivity index (χ0) is 17.0. The van der Waals surface area contributed by atoms with Gasteiger partial charge in [0, 0.05) is 24.5 Å². The molecule has 0 spiro atoms. The summed E-state index contributed by atoms with van der Waals surface area (Å²) in [6.07, 6.45) is 2.43. The van der Waals surface area contributed by atoms with Crippen molar-refractivity contribution in [1.29, 1.82) is 5.26 Å². The van der Waals surface area contributed by atoms with Crippen LogP contribution in [0.5, 0.6) is 0 Å². The molecule has 0 radical (unpaired) electrons. The maximum atomic E-state index is 11.5. The van der Waals surface area contributed by atoms with Crippen LogP contribution in [0.1, 0.15) is 11.1 Å². The molecule has 0 bridgehead atoms. The van der Waals surface area contributed by atoms with Gasteiger partial charge >= 0.3 is 0 Å². The molecule has 23 heavy (non-hydrogen) atoms. The van der Waals surface area contributed by atoms with Crippen LogP contribution >= 0.6 is 0 Å². The fourth-order valence-electron chi connectivity index (χ4n) is 2.04. The summed E-state index contributed by atoms with van der Waals surface area (Å²) >= 11 is 0. The first-order chi connectivity index (χ1) is 10.8. The van der Waals surface area contributed by atoms with Crippen molar-refractivity contribution in [1.82, 2.24) is 0 Å². The number of benzene rings is 2. The molecule has 0 unspecified atom stereocenters. The minimum absolute atomic E-state index is 0.0440. The van der Waals surface area contributed by atoms with E-state index < -0.39 is 14.8 Å². The molecule has 0 saturated carbocycles. The fourth-order valence-corrected chi connectivity index (χ4v) is 2.67. The van der Waals surface area contributed by atoms with Crippen LogP contribution in [0.25, 0.3) is 5.57 Å². The summed E-state index contributed by atoms with van der Waals surface area (Å²) in [5, 5.41) is 19.6. The highest BCUT2D eigenvalue weighted by Gasteiger charge is 2.11. The summed E-state index contributed by atoms with van der Waals surface area (Å²) in [5.74, 6) is 0. The second kappa shape index (κ2) is 6.42. The van der Waals surface area contributed by atoms with Crippen molar-refractivity contribution in [2.75, 3.05) is 6.26 Å². The number of hydrogen-bond acceptors (Lipinski definition) is 5. The van der Waals surface area contributed by atoms with E-state index >= 15 is 0 Å². The van der Waals surface area contributed by atoms with E-state index in [-0.39, 0.29) is 10.6 Å². The first-order valence-electron chi connectivity index (χ1n) is 6.48. The molecule has 0 aromatic heterocycles. The van der Waals surface area contributed by atoms with Crippen LogP contribution in [0.15, 0.2) is 59.5 Å². The Hall–Kier alpha value is -2.98. The van der Waals surface area contributed by atoms with Gasteiger partial charge in [0.15, 0.2) is 9.84 Å². The Morgan fingerprint density at radius 2 is 1.57 bits per heavy atom. The standard InChI is InChI=1S/C16H12N2O4S/c1-23(21,22)15-8-4-13(5-9-15)16(10-11-17)12-2-6-14(7-3-12)18(19)20/h2-10H,1H3/b16-10-. The van der Waals surface area contributed by atoms with E-state index in [4.69, 9.17) is 5.26 Å². The van der Waals surface area contributed by atoms with Crippen LogP contribution in [-0.2, 0) is 9.84 Å². The number of nitro groups is 1. The van der Waals surface area contributed by atoms with Crippen molar-refractivity contribution in [2.24, 2.45) is 0 Å². The highest BCUT2D eigenvalue weighted by Crippen LogP contribution is 2.26. The third-order valence-electron chi connectivity index (χ3n) is 3.19. The number of hydrogen-bond donors (Lipinski definition) is 0. The lowest BCUT2D eigenvalue weighted by atomic mass is 9.97. The average Bonchev–Trinajstić information content (AvgIpc) is 2.52. The van der Waals surface area contributed by atoms with Gasteiger partial charge in [-0.1, -0.05) is 12.1 Å². The van der Waals surface area contributed by atoms with Crippen LogP contribution in [0, 0.1) is 21.4 Å². The molecule has 2 rings (SSSR count). The second-order valence-electron chi connectivity index (χ2n) is 4.79. The van der Waals surface area contributed by atoms with Gasteiger partial charge in [0.2, 0.25) is 0 Å². The van der Waals surface area contributed by atoms with Gasteiger partial charge in [-0.05, 0) is 41.0 Å². The number of sulfone groups is 1. The Labute approximate surface area is 133 Å². The van der Waals surface area contributed by atoms with Gasteiger partial charge in [-0.15, -0.1) is 0 Å². The van der Waals surface area contributed by atoms with Crippen LogP contribution in [-0.4, -0.2) is 19.6 Å². The van der Waals surface area contributed by atoms with Crippen LogP contribution in [0.3, 0.4) is 0 Å². The predicted molar refractivity (Wildman–Crippen MR) is 85.3 cm³/mol. The summed E-state index contributed by atoms with van der Waals surface area (Å²) in [6.45, 7) is 0. The minimum atomic E-state index is -3.30.